The second kappa shape index (κ2) is 12.2. The molecule has 1 amide bonds. The number of halogens is 4. The second-order valence-corrected chi connectivity index (χ2v) is 10.2. The van der Waals surface area contributed by atoms with E-state index in [2.05, 4.69) is 20.1 Å². The SMILES string of the molecule is CC(NCc1ccc2ncn(-c3cc(O[C@H](C)c4ccccc4Cl)c(C(N)=O)s3)c2c1)C(=O)OOC(=O)C(F)(F)F. The van der Waals surface area contributed by atoms with Gasteiger partial charge in [0.2, 0.25) is 0 Å². The molecular weight excluding hydrogens is 589 g/mol. The highest BCUT2D eigenvalue weighted by Gasteiger charge is 2.43. The summed E-state index contributed by atoms with van der Waals surface area (Å²) < 4.78 is 44.4. The van der Waals surface area contributed by atoms with Crippen molar-refractivity contribution < 1.29 is 42.1 Å². The number of carbonyl (C=O) groups is 3. The van der Waals surface area contributed by atoms with Crippen LogP contribution in [-0.4, -0.2) is 39.6 Å². The van der Waals surface area contributed by atoms with Crippen LogP contribution in [0.2, 0.25) is 5.02 Å². The van der Waals surface area contributed by atoms with E-state index in [4.69, 9.17) is 22.1 Å². The maximum absolute atomic E-state index is 12.2. The van der Waals surface area contributed by atoms with E-state index in [1.807, 2.05) is 12.1 Å². The summed E-state index contributed by atoms with van der Waals surface area (Å²) in [5, 5.41) is 3.89. The van der Waals surface area contributed by atoms with Gasteiger partial charge in [-0.25, -0.2) is 24.3 Å². The molecule has 2 atom stereocenters. The largest absolute Gasteiger partial charge is 0.495 e. The van der Waals surface area contributed by atoms with Crippen molar-refractivity contribution in [1.29, 1.82) is 0 Å². The smallest absolute Gasteiger partial charge is 0.484 e. The number of thiophene rings is 1. The maximum Gasteiger partial charge on any atom is 0.495 e. The van der Waals surface area contributed by atoms with E-state index in [9.17, 15) is 27.6 Å². The number of hydrogen-bond acceptors (Lipinski definition) is 9. The zero-order chi connectivity index (χ0) is 29.9. The Labute approximate surface area is 239 Å². The third-order valence-electron chi connectivity index (χ3n) is 5.80. The Bertz CT molecular complexity index is 1610. The lowest BCUT2D eigenvalue weighted by atomic mass is 10.1. The Kier molecular flexibility index (Phi) is 8.85. The molecule has 1 unspecified atom stereocenters. The van der Waals surface area contributed by atoms with Gasteiger partial charge >= 0.3 is 18.1 Å². The number of imidazole rings is 1. The summed E-state index contributed by atoms with van der Waals surface area (Å²) in [7, 11) is 0. The minimum atomic E-state index is -5.29. The normalized spacial score (nSPS) is 13.0. The molecule has 3 N–H and O–H groups in total. The van der Waals surface area contributed by atoms with Crippen LogP contribution in [0.25, 0.3) is 16.0 Å². The molecule has 10 nitrogen and oxygen atoms in total. The van der Waals surface area contributed by atoms with Gasteiger partial charge in [0, 0.05) is 23.2 Å². The monoisotopic (exact) mass is 610 g/mol. The van der Waals surface area contributed by atoms with Crippen LogP contribution in [0.3, 0.4) is 0 Å². The van der Waals surface area contributed by atoms with Gasteiger partial charge in [-0.1, -0.05) is 35.9 Å². The predicted octanol–water partition coefficient (Wildman–Crippen LogP) is 5.02. The van der Waals surface area contributed by atoms with E-state index in [1.54, 1.807) is 54.2 Å². The molecule has 0 spiro atoms. The lowest BCUT2D eigenvalue weighted by Gasteiger charge is -2.16. The zero-order valence-corrected chi connectivity index (χ0v) is 23.0. The van der Waals surface area contributed by atoms with Gasteiger partial charge in [-0.15, -0.1) is 11.3 Å². The molecule has 15 heteroatoms. The van der Waals surface area contributed by atoms with Crippen molar-refractivity contribution in [3.05, 3.63) is 75.9 Å². The molecule has 2 aromatic heterocycles. The van der Waals surface area contributed by atoms with Gasteiger partial charge in [-0.2, -0.15) is 13.2 Å². The number of rotatable bonds is 9. The molecule has 0 aliphatic heterocycles. The molecule has 216 valence electrons. The van der Waals surface area contributed by atoms with Crippen molar-refractivity contribution in [2.24, 2.45) is 5.73 Å². The highest BCUT2D eigenvalue weighted by atomic mass is 35.5. The Hall–Kier alpha value is -4.14. The van der Waals surface area contributed by atoms with E-state index in [0.29, 0.717) is 26.6 Å². The number of nitrogens with one attached hydrogen (secondary N) is 1. The number of ether oxygens (including phenoxy) is 1. The number of alkyl halides is 3. The van der Waals surface area contributed by atoms with E-state index in [0.717, 1.165) is 16.9 Å². The molecule has 0 saturated heterocycles. The van der Waals surface area contributed by atoms with Crippen LogP contribution in [0.5, 0.6) is 5.75 Å². The molecule has 4 rings (SSSR count). The van der Waals surface area contributed by atoms with Gasteiger partial charge < -0.3 is 15.8 Å². The average molecular weight is 611 g/mol. The summed E-state index contributed by atoms with van der Waals surface area (Å²) in [6.45, 7) is 3.23. The molecule has 0 aliphatic carbocycles. The standard InChI is InChI=1S/C26H22ClF3N4O6S/c1-13(24(36)39-40-25(37)26(28,29)30)32-11-15-7-8-18-19(9-15)34(12-33-18)21-10-20(22(41-21)23(31)35)38-14(2)16-5-3-4-6-17(16)27/h3-10,12-14,32H,11H2,1-2H3,(H2,31,35)/t13?,14-/m1/s1. The van der Waals surface area contributed by atoms with Crippen molar-refractivity contribution in [3.63, 3.8) is 0 Å². The number of nitrogens with zero attached hydrogens (tertiary/aromatic N) is 2. The van der Waals surface area contributed by atoms with Crippen molar-refractivity contribution >= 4 is 51.8 Å². The van der Waals surface area contributed by atoms with Crippen LogP contribution < -0.4 is 15.8 Å². The maximum atomic E-state index is 12.2. The summed E-state index contributed by atoms with van der Waals surface area (Å²) in [6, 6.07) is 13.0. The van der Waals surface area contributed by atoms with Gasteiger partial charge in [0.25, 0.3) is 5.91 Å². The average Bonchev–Trinajstić information content (AvgIpc) is 3.53. The summed E-state index contributed by atoms with van der Waals surface area (Å²) in [4.78, 5) is 46.9. The van der Waals surface area contributed by atoms with Crippen LogP contribution >= 0.6 is 22.9 Å². The quantitative estimate of drug-likeness (QED) is 0.199. The fraction of sp³-hybridized carbons (Fsp3) is 0.231. The van der Waals surface area contributed by atoms with Crippen LogP contribution in [-0.2, 0) is 25.9 Å². The van der Waals surface area contributed by atoms with Gasteiger partial charge in [-0.3, -0.25) is 9.36 Å². The Morgan fingerprint density at radius 3 is 2.54 bits per heavy atom. The topological polar surface area (TPSA) is 135 Å². The van der Waals surface area contributed by atoms with Crippen LogP contribution in [0.1, 0.15) is 40.8 Å². The molecule has 0 saturated carbocycles. The highest BCUT2D eigenvalue weighted by molar-refractivity contribution is 7.16. The third-order valence-corrected chi connectivity index (χ3v) is 7.28. The van der Waals surface area contributed by atoms with Crippen LogP contribution in [0.15, 0.2) is 54.9 Å². The lowest BCUT2D eigenvalue weighted by molar-refractivity contribution is -0.286. The summed E-state index contributed by atoms with van der Waals surface area (Å²) in [5.74, 6) is -4.25. The predicted molar refractivity (Wildman–Crippen MR) is 143 cm³/mol. The number of primary amides is 1. The lowest BCUT2D eigenvalue weighted by Crippen LogP contribution is -2.36. The molecule has 0 radical (unpaired) electrons. The van der Waals surface area contributed by atoms with Crippen molar-refractivity contribution in [2.45, 2.75) is 38.7 Å². The van der Waals surface area contributed by atoms with Crippen LogP contribution in [0.4, 0.5) is 13.2 Å². The fourth-order valence-corrected chi connectivity index (χ4v) is 4.91. The third kappa shape index (κ3) is 6.96. The fourth-order valence-electron chi connectivity index (χ4n) is 3.69. The second-order valence-electron chi connectivity index (χ2n) is 8.74. The Morgan fingerprint density at radius 1 is 1.12 bits per heavy atom. The molecule has 0 aliphatic rings. The zero-order valence-electron chi connectivity index (χ0n) is 21.4. The number of amides is 1. The van der Waals surface area contributed by atoms with Crippen molar-refractivity contribution in [1.82, 2.24) is 14.9 Å². The van der Waals surface area contributed by atoms with E-state index < -0.39 is 36.2 Å². The van der Waals surface area contributed by atoms with Gasteiger partial charge in [0.15, 0.2) is 0 Å². The first-order valence-electron chi connectivity index (χ1n) is 11.9. The first kappa shape index (κ1) is 29.8. The molecular formula is C26H22ClF3N4O6S. The van der Waals surface area contributed by atoms with Gasteiger partial charge in [0.05, 0.1) is 11.0 Å². The van der Waals surface area contributed by atoms with E-state index in [-0.39, 0.29) is 17.2 Å². The Morgan fingerprint density at radius 2 is 1.85 bits per heavy atom. The number of hydrogen-bond donors (Lipinski definition) is 2. The minimum absolute atomic E-state index is 0.102. The molecule has 2 aromatic carbocycles. The first-order valence-corrected chi connectivity index (χ1v) is 13.1. The van der Waals surface area contributed by atoms with E-state index in [1.165, 1.54) is 6.92 Å². The molecule has 0 fully saturated rings. The molecule has 0 bridgehead atoms. The number of carbonyl (C=O) groups excluding carboxylic acids is 3. The van der Waals surface area contributed by atoms with Gasteiger partial charge in [-0.05, 0) is 37.6 Å². The minimum Gasteiger partial charge on any atom is -0.484 e. The first-order chi connectivity index (χ1) is 19.3. The number of fused-ring (bicyclic) bond motifs is 1. The van der Waals surface area contributed by atoms with Crippen molar-refractivity contribution in [2.75, 3.05) is 0 Å². The highest BCUT2D eigenvalue weighted by Crippen LogP contribution is 2.37. The number of aromatic nitrogens is 2. The molecule has 2 heterocycles. The summed E-state index contributed by atoms with van der Waals surface area (Å²) in [6.07, 6.45) is -4.21. The molecule has 4 aromatic rings. The molecule has 41 heavy (non-hydrogen) atoms. The summed E-state index contributed by atoms with van der Waals surface area (Å²) in [5.41, 5.74) is 8.32. The summed E-state index contributed by atoms with van der Waals surface area (Å²) >= 11 is 7.40. The van der Waals surface area contributed by atoms with Gasteiger partial charge in [0.1, 0.15) is 34.1 Å². The van der Waals surface area contributed by atoms with Crippen LogP contribution in [0, 0.1) is 0 Å². The Balaban J connectivity index is 1.50. The van der Waals surface area contributed by atoms with E-state index >= 15 is 0 Å². The number of benzene rings is 2. The van der Waals surface area contributed by atoms with Crippen molar-refractivity contribution in [3.8, 4) is 10.8 Å². The number of nitrogens with two attached hydrogens (primary N) is 1.